The minimum atomic E-state index is -0.109. The van der Waals surface area contributed by atoms with Crippen LogP contribution < -0.4 is 0 Å². The van der Waals surface area contributed by atoms with Crippen LogP contribution in [0.3, 0.4) is 0 Å². The van der Waals surface area contributed by atoms with Gasteiger partial charge in [0.05, 0.1) is 0 Å². The molecule has 0 unspecified atom stereocenters. The van der Waals surface area contributed by atoms with Crippen LogP contribution in [0.4, 0.5) is 0 Å². The highest BCUT2D eigenvalue weighted by molar-refractivity contribution is 6.43. The second-order valence-electron chi connectivity index (χ2n) is 3.94. The fourth-order valence-electron chi connectivity index (χ4n) is 1.11. The molecule has 0 spiro atoms. The Morgan fingerprint density at radius 2 is 2.00 bits per heavy atom. The standard InChI is InChI=1S/C8H14N2O/c1-8(2,3)7-6(11)5-10(4)9-7/h5H2,1-4H3. The molecule has 0 aromatic rings. The topological polar surface area (TPSA) is 32.7 Å². The van der Waals surface area contributed by atoms with Gasteiger partial charge in [-0.25, -0.2) is 0 Å². The molecule has 0 saturated carbocycles. The largest absolute Gasteiger partial charge is 0.292 e. The van der Waals surface area contributed by atoms with Crippen molar-refractivity contribution in [3.63, 3.8) is 0 Å². The molecule has 0 N–H and O–H groups in total. The monoisotopic (exact) mass is 154 g/mol. The van der Waals surface area contributed by atoms with Gasteiger partial charge in [-0.05, 0) is 0 Å². The average molecular weight is 154 g/mol. The third-order valence-corrected chi connectivity index (χ3v) is 1.62. The zero-order chi connectivity index (χ0) is 8.65. The number of hydrogen-bond donors (Lipinski definition) is 0. The Morgan fingerprint density at radius 3 is 2.18 bits per heavy atom. The Bertz CT molecular complexity index is 213. The highest BCUT2D eigenvalue weighted by atomic mass is 16.1. The van der Waals surface area contributed by atoms with Crippen LogP contribution in [0.1, 0.15) is 20.8 Å². The van der Waals surface area contributed by atoms with E-state index in [4.69, 9.17) is 0 Å². The third-order valence-electron chi connectivity index (χ3n) is 1.62. The van der Waals surface area contributed by atoms with Gasteiger partial charge in [0, 0.05) is 12.5 Å². The van der Waals surface area contributed by atoms with Crippen LogP contribution in [0.25, 0.3) is 0 Å². The first-order valence-corrected chi connectivity index (χ1v) is 3.74. The van der Waals surface area contributed by atoms with Crippen LogP contribution in [0.5, 0.6) is 0 Å². The number of carbonyl (C=O) groups is 1. The van der Waals surface area contributed by atoms with Gasteiger partial charge in [-0.15, -0.1) is 0 Å². The van der Waals surface area contributed by atoms with Crippen molar-refractivity contribution in [3.05, 3.63) is 0 Å². The molecule has 0 aromatic carbocycles. The first kappa shape index (κ1) is 8.24. The molecule has 0 saturated heterocycles. The van der Waals surface area contributed by atoms with Gasteiger partial charge in [0.25, 0.3) is 0 Å². The molecule has 11 heavy (non-hydrogen) atoms. The molecular weight excluding hydrogens is 140 g/mol. The minimum Gasteiger partial charge on any atom is -0.292 e. The lowest BCUT2D eigenvalue weighted by Gasteiger charge is -2.15. The van der Waals surface area contributed by atoms with E-state index >= 15 is 0 Å². The number of nitrogens with zero attached hydrogens (tertiary/aromatic N) is 2. The molecule has 62 valence electrons. The van der Waals surface area contributed by atoms with Crippen molar-refractivity contribution in [1.82, 2.24) is 5.01 Å². The van der Waals surface area contributed by atoms with Gasteiger partial charge in [0.1, 0.15) is 12.3 Å². The zero-order valence-corrected chi connectivity index (χ0v) is 7.51. The Balaban J connectivity index is 2.88. The smallest absolute Gasteiger partial charge is 0.200 e. The van der Waals surface area contributed by atoms with Crippen molar-refractivity contribution < 1.29 is 4.79 Å². The number of ketones is 1. The second-order valence-corrected chi connectivity index (χ2v) is 3.94. The van der Waals surface area contributed by atoms with Crippen molar-refractivity contribution in [2.45, 2.75) is 20.8 Å². The maximum absolute atomic E-state index is 11.3. The average Bonchev–Trinajstić information content (AvgIpc) is 2.08. The predicted octanol–water partition coefficient (Wildman–Crippen LogP) is 0.903. The van der Waals surface area contributed by atoms with Gasteiger partial charge in [0.15, 0.2) is 5.78 Å². The van der Waals surface area contributed by atoms with Gasteiger partial charge in [-0.3, -0.25) is 9.80 Å². The molecular formula is C8H14N2O. The summed E-state index contributed by atoms with van der Waals surface area (Å²) >= 11 is 0. The second kappa shape index (κ2) is 2.32. The molecule has 0 radical (unpaired) electrons. The van der Waals surface area contributed by atoms with Crippen LogP contribution in [-0.2, 0) is 4.79 Å². The number of rotatable bonds is 0. The number of likely N-dealkylation sites (N-methyl/N-ethyl adjacent to an activating group) is 1. The lowest BCUT2D eigenvalue weighted by Crippen LogP contribution is -2.27. The normalized spacial score (nSPS) is 19.1. The van der Waals surface area contributed by atoms with Crippen LogP contribution in [0, 0.1) is 5.41 Å². The Kier molecular flexibility index (Phi) is 1.74. The Labute approximate surface area is 67.1 Å². The highest BCUT2D eigenvalue weighted by Gasteiger charge is 2.30. The number of hydrazone groups is 1. The molecule has 0 aromatic heterocycles. The van der Waals surface area contributed by atoms with Gasteiger partial charge >= 0.3 is 0 Å². The molecule has 0 bridgehead atoms. The number of carbonyl (C=O) groups excluding carboxylic acids is 1. The van der Waals surface area contributed by atoms with E-state index < -0.39 is 0 Å². The first-order valence-electron chi connectivity index (χ1n) is 3.74. The minimum absolute atomic E-state index is 0.109. The summed E-state index contributed by atoms with van der Waals surface area (Å²) in [7, 11) is 1.82. The van der Waals surface area contributed by atoms with E-state index in [1.165, 1.54) is 0 Å². The van der Waals surface area contributed by atoms with Crippen molar-refractivity contribution >= 4 is 11.5 Å². The summed E-state index contributed by atoms with van der Waals surface area (Å²) in [6.07, 6.45) is 0. The van der Waals surface area contributed by atoms with Crippen molar-refractivity contribution in [3.8, 4) is 0 Å². The van der Waals surface area contributed by atoms with E-state index in [0.717, 1.165) is 0 Å². The SMILES string of the molecule is CN1CC(=O)C(C(C)(C)C)=N1. The highest BCUT2D eigenvalue weighted by Crippen LogP contribution is 2.20. The van der Waals surface area contributed by atoms with Crippen LogP contribution in [0.15, 0.2) is 5.10 Å². The van der Waals surface area contributed by atoms with Gasteiger partial charge in [-0.2, -0.15) is 5.10 Å². The Hall–Kier alpha value is -0.860. The molecule has 0 fully saturated rings. The predicted molar refractivity (Wildman–Crippen MR) is 44.5 cm³/mol. The summed E-state index contributed by atoms with van der Waals surface area (Å²) in [6, 6.07) is 0. The maximum atomic E-state index is 11.3. The van der Waals surface area contributed by atoms with E-state index in [1.807, 2.05) is 27.8 Å². The first-order chi connectivity index (χ1) is 4.91. The van der Waals surface area contributed by atoms with Gasteiger partial charge in [-0.1, -0.05) is 20.8 Å². The van der Waals surface area contributed by atoms with Crippen molar-refractivity contribution in [1.29, 1.82) is 0 Å². The fourth-order valence-corrected chi connectivity index (χ4v) is 1.11. The molecule has 0 atom stereocenters. The quantitative estimate of drug-likeness (QED) is 0.519. The zero-order valence-electron chi connectivity index (χ0n) is 7.51. The van der Waals surface area contributed by atoms with Crippen molar-refractivity contribution in [2.24, 2.45) is 10.5 Å². The molecule has 3 heteroatoms. The summed E-state index contributed by atoms with van der Waals surface area (Å²) in [4.78, 5) is 11.3. The Morgan fingerprint density at radius 1 is 1.45 bits per heavy atom. The number of Topliss-reactive ketones (excluding diaryl/α,β-unsaturated/α-hetero) is 1. The molecule has 1 aliphatic heterocycles. The lowest BCUT2D eigenvalue weighted by molar-refractivity contribution is -0.112. The molecule has 1 aliphatic rings. The molecule has 3 nitrogen and oxygen atoms in total. The molecule has 0 aliphatic carbocycles. The van der Waals surface area contributed by atoms with E-state index in [9.17, 15) is 4.79 Å². The maximum Gasteiger partial charge on any atom is 0.200 e. The van der Waals surface area contributed by atoms with Gasteiger partial charge in [0.2, 0.25) is 0 Å². The number of hydrogen-bond acceptors (Lipinski definition) is 3. The van der Waals surface area contributed by atoms with Crippen molar-refractivity contribution in [2.75, 3.05) is 13.6 Å². The summed E-state index contributed by atoms with van der Waals surface area (Å²) in [5.41, 5.74) is 0.585. The van der Waals surface area contributed by atoms with Crippen LogP contribution >= 0.6 is 0 Å². The van der Waals surface area contributed by atoms with Crippen LogP contribution in [-0.4, -0.2) is 30.1 Å². The molecule has 0 amide bonds. The van der Waals surface area contributed by atoms with Crippen LogP contribution in [0.2, 0.25) is 0 Å². The summed E-state index contributed by atoms with van der Waals surface area (Å²) < 4.78 is 0. The molecule has 1 heterocycles. The lowest BCUT2D eigenvalue weighted by atomic mass is 9.88. The van der Waals surface area contributed by atoms with Gasteiger partial charge < -0.3 is 0 Å². The summed E-state index contributed by atoms with van der Waals surface area (Å²) in [5, 5.41) is 5.82. The molecule has 1 rings (SSSR count). The summed E-state index contributed by atoms with van der Waals surface area (Å²) in [5.74, 6) is 0.153. The van der Waals surface area contributed by atoms with E-state index in [2.05, 4.69) is 5.10 Å². The van der Waals surface area contributed by atoms with E-state index in [1.54, 1.807) is 5.01 Å². The van der Waals surface area contributed by atoms with E-state index in [-0.39, 0.29) is 11.2 Å². The third kappa shape index (κ3) is 1.59. The van der Waals surface area contributed by atoms with E-state index in [0.29, 0.717) is 12.3 Å². The fraction of sp³-hybridized carbons (Fsp3) is 0.750. The summed E-state index contributed by atoms with van der Waals surface area (Å²) in [6.45, 7) is 6.45.